The third-order valence-electron chi connectivity index (χ3n) is 6.92. The molecule has 0 atom stereocenters. The number of fused-ring (bicyclic) bond motifs is 10. The average Bonchev–Trinajstić information content (AvgIpc) is 3.63. The summed E-state index contributed by atoms with van der Waals surface area (Å²) in [4.78, 5) is 20.2. The Balaban J connectivity index is 0.00000320. The molecule has 0 aromatic carbocycles. The molecule has 0 radical (unpaired) electrons. The third kappa shape index (κ3) is 5.74. The van der Waals surface area contributed by atoms with Crippen molar-refractivity contribution >= 4 is 45.4 Å². The fourth-order valence-electron chi connectivity index (χ4n) is 5.19. The summed E-state index contributed by atoms with van der Waals surface area (Å²) in [5, 5.41) is 0. The van der Waals surface area contributed by atoms with E-state index >= 15 is 0 Å². The van der Waals surface area contributed by atoms with Gasteiger partial charge in [-0.15, -0.1) is 22.1 Å². The number of rotatable bonds is 8. The van der Waals surface area contributed by atoms with E-state index in [0.29, 0.717) is 0 Å². The normalized spacial score (nSPS) is 12.8. The largest absolute Gasteiger partial charge is 2.00 e. The summed E-state index contributed by atoms with van der Waals surface area (Å²) >= 11 is 0. The van der Waals surface area contributed by atoms with E-state index in [1.165, 1.54) is 22.3 Å². The van der Waals surface area contributed by atoms with E-state index in [0.717, 1.165) is 96.2 Å². The minimum atomic E-state index is 0. The van der Waals surface area contributed by atoms with Crippen molar-refractivity contribution in [1.29, 1.82) is 0 Å². The van der Waals surface area contributed by atoms with Crippen LogP contribution in [0.3, 0.4) is 0 Å². The van der Waals surface area contributed by atoms with Crippen molar-refractivity contribution in [1.82, 2.24) is 19.9 Å². The molecule has 0 saturated carbocycles. The van der Waals surface area contributed by atoms with Crippen LogP contribution in [0.15, 0.2) is 36.4 Å². The van der Waals surface area contributed by atoms with Crippen LogP contribution in [-0.2, 0) is 33.3 Å². The van der Waals surface area contributed by atoms with Crippen LogP contribution in [-0.4, -0.2) is 9.97 Å². The van der Waals surface area contributed by atoms with E-state index in [2.05, 4.69) is 76.2 Å². The second-order valence-corrected chi connectivity index (χ2v) is 9.87. The first kappa shape index (κ1) is 27.3. The Morgan fingerprint density at radius 1 is 0.541 bits per heavy atom. The van der Waals surface area contributed by atoms with Gasteiger partial charge in [0.2, 0.25) is 0 Å². The Labute approximate surface area is 234 Å². The predicted octanol–water partition coefficient (Wildman–Crippen LogP) is 8.16. The molecule has 0 unspecified atom stereocenters. The molecule has 0 spiro atoms. The first-order chi connectivity index (χ1) is 17.6. The molecular weight excluding hydrogens is 547 g/mol. The maximum absolute atomic E-state index is 5.04. The fourth-order valence-corrected chi connectivity index (χ4v) is 5.19. The van der Waals surface area contributed by atoms with Crippen LogP contribution in [0.25, 0.3) is 45.4 Å². The van der Waals surface area contributed by atoms with Crippen molar-refractivity contribution in [3.05, 3.63) is 70.3 Å². The minimum Gasteiger partial charge on any atom is -0.656 e. The number of nitrogens with zero attached hydrogens (tertiary/aromatic N) is 4. The molecule has 5 heterocycles. The zero-order valence-corrected chi connectivity index (χ0v) is 23.9. The molecule has 0 saturated heterocycles. The van der Waals surface area contributed by atoms with Crippen LogP contribution in [0.1, 0.15) is 100 Å². The molecule has 4 nitrogen and oxygen atoms in total. The average molecular weight is 583 g/mol. The van der Waals surface area contributed by atoms with Crippen LogP contribution < -0.4 is 9.97 Å². The smallest absolute Gasteiger partial charge is 0.656 e. The van der Waals surface area contributed by atoms with Crippen LogP contribution in [0.4, 0.5) is 0 Å². The molecule has 0 aliphatic carbocycles. The molecule has 3 aromatic heterocycles. The fraction of sp³-hybridized carbons (Fsp3) is 0.375. The number of hydrogen-bond donors (Lipinski definition) is 0. The Morgan fingerprint density at radius 3 is 1.32 bits per heavy atom. The maximum atomic E-state index is 5.04. The van der Waals surface area contributed by atoms with E-state index < -0.39 is 0 Å². The zero-order chi connectivity index (χ0) is 25.1. The van der Waals surface area contributed by atoms with Gasteiger partial charge in [0.25, 0.3) is 0 Å². The van der Waals surface area contributed by atoms with Crippen molar-refractivity contribution in [2.75, 3.05) is 0 Å². The molecule has 8 bridgehead atoms. The standard InChI is InChI=1S/C32H36N4.Pd/c1-5-9-21-17-29-30-18-22(10-6-2)27(34-30)15-16-28-24(12-8-4)20-32(36-28)31-19-23(11-7-3)26(35-31)14-13-25(21)33-29;/h13-20H,5-12H2,1-4H3;/q-2;+2. The molecule has 37 heavy (non-hydrogen) atoms. The van der Waals surface area contributed by atoms with Gasteiger partial charge in [0.15, 0.2) is 0 Å². The molecule has 0 amide bonds. The maximum Gasteiger partial charge on any atom is 2.00 e. The van der Waals surface area contributed by atoms with Crippen molar-refractivity contribution < 1.29 is 20.4 Å². The van der Waals surface area contributed by atoms with Gasteiger partial charge < -0.3 is 9.97 Å². The van der Waals surface area contributed by atoms with Crippen LogP contribution in [0.5, 0.6) is 0 Å². The second kappa shape index (κ2) is 12.2. The quantitative estimate of drug-likeness (QED) is 0.251. The summed E-state index contributed by atoms with van der Waals surface area (Å²) in [5.41, 5.74) is 13.1. The Kier molecular flexibility index (Phi) is 9.01. The number of hydrogen-bond acceptors (Lipinski definition) is 2. The molecular formula is C32H36N4Pd. The van der Waals surface area contributed by atoms with E-state index in [1.807, 2.05) is 0 Å². The van der Waals surface area contributed by atoms with Gasteiger partial charge in [-0.1, -0.05) is 88.8 Å². The zero-order valence-electron chi connectivity index (χ0n) is 22.4. The van der Waals surface area contributed by atoms with Crippen molar-refractivity contribution in [3.8, 4) is 0 Å². The molecule has 5 rings (SSSR count). The molecule has 0 N–H and O–H groups in total. The first-order valence-corrected chi connectivity index (χ1v) is 13.7. The van der Waals surface area contributed by atoms with Gasteiger partial charge in [-0.2, -0.15) is 0 Å². The molecule has 194 valence electrons. The van der Waals surface area contributed by atoms with Gasteiger partial charge in [-0.3, -0.25) is 9.97 Å². The summed E-state index contributed by atoms with van der Waals surface area (Å²) in [5.74, 6) is 0. The Bertz CT molecular complexity index is 1370. The summed E-state index contributed by atoms with van der Waals surface area (Å²) < 4.78 is 0. The summed E-state index contributed by atoms with van der Waals surface area (Å²) in [7, 11) is 0. The van der Waals surface area contributed by atoms with Crippen LogP contribution >= 0.6 is 0 Å². The van der Waals surface area contributed by atoms with E-state index in [4.69, 9.17) is 19.9 Å². The molecule has 2 aliphatic heterocycles. The van der Waals surface area contributed by atoms with Gasteiger partial charge in [0, 0.05) is 11.4 Å². The topological polar surface area (TPSA) is 54.0 Å². The monoisotopic (exact) mass is 582 g/mol. The van der Waals surface area contributed by atoms with E-state index in [-0.39, 0.29) is 20.4 Å². The van der Waals surface area contributed by atoms with E-state index in [1.54, 1.807) is 0 Å². The summed E-state index contributed by atoms with van der Waals surface area (Å²) in [6.07, 6.45) is 12.8. The number of aromatic nitrogens is 4. The van der Waals surface area contributed by atoms with Crippen molar-refractivity contribution in [2.24, 2.45) is 0 Å². The van der Waals surface area contributed by atoms with E-state index in [9.17, 15) is 0 Å². The van der Waals surface area contributed by atoms with Crippen molar-refractivity contribution in [2.45, 2.75) is 79.1 Å². The summed E-state index contributed by atoms with van der Waals surface area (Å²) in [6.45, 7) is 8.88. The Hall–Kier alpha value is -2.74. The SMILES string of the molecule is CCCC1=Cc2nc1ccc1nc(c3cc(CCC)c(ccc4[n-]c2cc4CCC)[n-]3)C=C1CCC.[Pd+2]. The Morgan fingerprint density at radius 2 is 0.946 bits per heavy atom. The number of allylic oxidation sites excluding steroid dienone is 2. The second-order valence-electron chi connectivity index (χ2n) is 9.87. The molecule has 2 aliphatic rings. The van der Waals surface area contributed by atoms with Gasteiger partial charge in [0.1, 0.15) is 0 Å². The third-order valence-corrected chi connectivity index (χ3v) is 6.92. The van der Waals surface area contributed by atoms with Gasteiger partial charge in [0.05, 0.1) is 11.4 Å². The molecule has 3 aromatic rings. The number of aryl methyl sites for hydroxylation is 2. The van der Waals surface area contributed by atoms with Crippen LogP contribution in [0, 0.1) is 0 Å². The predicted molar refractivity (Wildman–Crippen MR) is 152 cm³/mol. The van der Waals surface area contributed by atoms with Gasteiger partial charge >= 0.3 is 20.4 Å². The van der Waals surface area contributed by atoms with Crippen molar-refractivity contribution in [3.63, 3.8) is 0 Å². The minimum absolute atomic E-state index is 0. The molecule has 0 fully saturated rings. The van der Waals surface area contributed by atoms with Gasteiger partial charge in [-0.25, -0.2) is 0 Å². The first-order valence-electron chi connectivity index (χ1n) is 13.7. The molecule has 5 heteroatoms. The van der Waals surface area contributed by atoms with Gasteiger partial charge in [-0.05, 0) is 61.1 Å². The summed E-state index contributed by atoms with van der Waals surface area (Å²) in [6, 6.07) is 13.0. The van der Waals surface area contributed by atoms with Crippen LogP contribution in [0.2, 0.25) is 0 Å².